The van der Waals surface area contributed by atoms with E-state index in [0.29, 0.717) is 12.4 Å². The van der Waals surface area contributed by atoms with E-state index in [1.165, 1.54) is 19.3 Å². The molecule has 1 fully saturated rings. The van der Waals surface area contributed by atoms with Crippen molar-refractivity contribution < 1.29 is 9.47 Å². The van der Waals surface area contributed by atoms with Crippen LogP contribution >= 0.6 is 24.0 Å². The molecule has 0 bridgehead atoms. The fraction of sp³-hybridized carbons (Fsp3) is 0.667. The van der Waals surface area contributed by atoms with Crippen molar-refractivity contribution in [3.05, 3.63) is 23.9 Å². The molecule has 1 N–H and O–H groups in total. The van der Waals surface area contributed by atoms with E-state index in [1.807, 2.05) is 12.1 Å². The summed E-state index contributed by atoms with van der Waals surface area (Å²) in [6.45, 7) is 6.40. The summed E-state index contributed by atoms with van der Waals surface area (Å²) in [6, 6.07) is 3.90. The molecule has 1 aromatic rings. The Kier molecular flexibility index (Phi) is 10.8. The van der Waals surface area contributed by atoms with Gasteiger partial charge in [-0.3, -0.25) is 0 Å². The van der Waals surface area contributed by atoms with Gasteiger partial charge in [0.15, 0.2) is 5.96 Å². The van der Waals surface area contributed by atoms with Gasteiger partial charge in [-0.1, -0.05) is 0 Å². The first-order valence-electron chi connectivity index (χ1n) is 8.79. The van der Waals surface area contributed by atoms with Gasteiger partial charge in [-0.2, -0.15) is 0 Å². The Morgan fingerprint density at radius 1 is 1.44 bits per heavy atom. The van der Waals surface area contributed by atoms with Crippen LogP contribution in [-0.2, 0) is 11.3 Å². The number of halogens is 1. The van der Waals surface area contributed by atoms with Crippen LogP contribution < -0.4 is 10.1 Å². The van der Waals surface area contributed by atoms with Crippen molar-refractivity contribution in [3.8, 4) is 5.88 Å². The van der Waals surface area contributed by atoms with Crippen LogP contribution in [0.25, 0.3) is 0 Å². The highest BCUT2D eigenvalue weighted by Crippen LogP contribution is 2.18. The van der Waals surface area contributed by atoms with Crippen molar-refractivity contribution in [2.45, 2.75) is 32.7 Å². The average Bonchev–Trinajstić information content (AvgIpc) is 2.64. The van der Waals surface area contributed by atoms with Crippen molar-refractivity contribution in [1.82, 2.24) is 15.2 Å². The quantitative estimate of drug-likeness (QED) is 0.384. The van der Waals surface area contributed by atoms with Crippen LogP contribution in [0.15, 0.2) is 23.3 Å². The Bertz CT molecular complexity index is 522. The summed E-state index contributed by atoms with van der Waals surface area (Å²) in [5.41, 5.74) is 1.09. The van der Waals surface area contributed by atoms with Crippen LogP contribution in [0.4, 0.5) is 0 Å². The molecule has 0 aromatic carbocycles. The Hall–Kier alpha value is -1.09. The van der Waals surface area contributed by atoms with E-state index in [-0.39, 0.29) is 24.0 Å². The third-order valence-electron chi connectivity index (χ3n) is 4.33. The molecule has 0 unspecified atom stereocenters. The highest BCUT2D eigenvalue weighted by molar-refractivity contribution is 14.0. The van der Waals surface area contributed by atoms with Crippen LogP contribution in [-0.4, -0.2) is 56.3 Å². The summed E-state index contributed by atoms with van der Waals surface area (Å²) in [7, 11) is 3.73. The van der Waals surface area contributed by atoms with Crippen LogP contribution in [0, 0.1) is 5.92 Å². The molecule has 2 heterocycles. The molecule has 0 radical (unpaired) electrons. The summed E-state index contributed by atoms with van der Waals surface area (Å²) >= 11 is 0. The van der Waals surface area contributed by atoms with Crippen molar-refractivity contribution in [3.63, 3.8) is 0 Å². The zero-order chi connectivity index (χ0) is 17.2. The summed E-state index contributed by atoms with van der Waals surface area (Å²) in [4.78, 5) is 11.1. The molecule has 1 aromatic heterocycles. The number of guanidine groups is 1. The predicted molar refractivity (Wildman–Crippen MR) is 112 cm³/mol. The molecule has 1 saturated heterocycles. The number of aromatic nitrogens is 1. The lowest BCUT2D eigenvalue weighted by atomic mass is 9.96. The number of ether oxygens (including phenoxy) is 2. The van der Waals surface area contributed by atoms with Gasteiger partial charge in [0, 0.05) is 45.6 Å². The van der Waals surface area contributed by atoms with E-state index in [1.54, 1.807) is 13.3 Å². The SMILES string of the molecule is CCNC(=NCc1ccnc(OC)c1)N(C)CCC1CCOCC1.I. The number of methoxy groups -OCH3 is 1. The van der Waals surface area contributed by atoms with Gasteiger partial charge in [-0.15, -0.1) is 24.0 Å². The molecule has 7 heteroatoms. The molecule has 0 aliphatic carbocycles. The van der Waals surface area contributed by atoms with Crippen molar-refractivity contribution in [2.75, 3.05) is 40.5 Å². The number of nitrogens with one attached hydrogen (secondary N) is 1. The second-order valence-corrected chi connectivity index (χ2v) is 6.14. The molecular weight excluding hydrogens is 431 g/mol. The predicted octanol–water partition coefficient (Wildman–Crippen LogP) is 2.92. The average molecular weight is 462 g/mol. The molecule has 142 valence electrons. The lowest BCUT2D eigenvalue weighted by molar-refractivity contribution is 0.0625. The van der Waals surface area contributed by atoms with Gasteiger partial charge >= 0.3 is 0 Å². The lowest BCUT2D eigenvalue weighted by Gasteiger charge is -2.26. The topological polar surface area (TPSA) is 59.0 Å². The first-order chi connectivity index (χ1) is 11.7. The van der Waals surface area contributed by atoms with E-state index in [9.17, 15) is 0 Å². The maximum Gasteiger partial charge on any atom is 0.213 e. The maximum absolute atomic E-state index is 5.43. The normalized spacial score (nSPS) is 15.4. The molecule has 0 amide bonds. The number of nitrogens with zero attached hydrogens (tertiary/aromatic N) is 3. The molecule has 1 aliphatic heterocycles. The zero-order valence-corrected chi connectivity index (χ0v) is 17.9. The highest BCUT2D eigenvalue weighted by Gasteiger charge is 2.15. The van der Waals surface area contributed by atoms with Gasteiger partial charge in [0.1, 0.15) is 0 Å². The van der Waals surface area contributed by atoms with Crippen LogP contribution in [0.2, 0.25) is 0 Å². The van der Waals surface area contributed by atoms with Gasteiger partial charge < -0.3 is 19.7 Å². The van der Waals surface area contributed by atoms with E-state index in [4.69, 9.17) is 14.5 Å². The van der Waals surface area contributed by atoms with Crippen LogP contribution in [0.3, 0.4) is 0 Å². The highest BCUT2D eigenvalue weighted by atomic mass is 127. The van der Waals surface area contributed by atoms with Gasteiger partial charge in [-0.25, -0.2) is 9.98 Å². The Morgan fingerprint density at radius 3 is 2.88 bits per heavy atom. The van der Waals surface area contributed by atoms with Crippen LogP contribution in [0.1, 0.15) is 31.7 Å². The largest absolute Gasteiger partial charge is 0.481 e. The molecule has 1 aliphatic rings. The molecule has 0 spiro atoms. The fourth-order valence-corrected chi connectivity index (χ4v) is 2.81. The van der Waals surface area contributed by atoms with Crippen LogP contribution in [0.5, 0.6) is 5.88 Å². The Morgan fingerprint density at radius 2 is 2.20 bits per heavy atom. The number of hydrogen-bond donors (Lipinski definition) is 1. The third kappa shape index (κ3) is 7.77. The second-order valence-electron chi connectivity index (χ2n) is 6.14. The molecule has 2 rings (SSSR count). The van der Waals surface area contributed by atoms with Gasteiger partial charge in [0.05, 0.1) is 13.7 Å². The molecular formula is C18H31IN4O2. The minimum Gasteiger partial charge on any atom is -0.481 e. The molecule has 0 saturated carbocycles. The van der Waals surface area contributed by atoms with E-state index in [0.717, 1.165) is 43.7 Å². The Balaban J connectivity index is 0.00000312. The van der Waals surface area contributed by atoms with Crippen molar-refractivity contribution >= 4 is 29.9 Å². The van der Waals surface area contributed by atoms with Gasteiger partial charge in [0.2, 0.25) is 5.88 Å². The fourth-order valence-electron chi connectivity index (χ4n) is 2.81. The Labute approximate surface area is 168 Å². The van der Waals surface area contributed by atoms with Gasteiger partial charge in [0.25, 0.3) is 0 Å². The van der Waals surface area contributed by atoms with E-state index in [2.05, 4.69) is 29.2 Å². The van der Waals surface area contributed by atoms with E-state index >= 15 is 0 Å². The summed E-state index contributed by atoms with van der Waals surface area (Å²) in [6.07, 6.45) is 5.30. The maximum atomic E-state index is 5.43. The third-order valence-corrected chi connectivity index (χ3v) is 4.33. The summed E-state index contributed by atoms with van der Waals surface area (Å²) in [5.74, 6) is 2.34. The smallest absolute Gasteiger partial charge is 0.213 e. The number of hydrogen-bond acceptors (Lipinski definition) is 4. The summed E-state index contributed by atoms with van der Waals surface area (Å²) in [5, 5.41) is 3.37. The number of pyridine rings is 1. The zero-order valence-electron chi connectivity index (χ0n) is 15.5. The first-order valence-corrected chi connectivity index (χ1v) is 8.79. The number of rotatable bonds is 7. The van der Waals surface area contributed by atoms with Crippen molar-refractivity contribution in [1.29, 1.82) is 0 Å². The van der Waals surface area contributed by atoms with E-state index < -0.39 is 0 Å². The minimum absolute atomic E-state index is 0. The second kappa shape index (κ2) is 12.3. The summed E-state index contributed by atoms with van der Waals surface area (Å²) < 4.78 is 10.6. The minimum atomic E-state index is 0. The first kappa shape index (κ1) is 22.0. The molecule has 25 heavy (non-hydrogen) atoms. The van der Waals surface area contributed by atoms with Crippen molar-refractivity contribution in [2.24, 2.45) is 10.9 Å². The number of aliphatic imine (C=N–C) groups is 1. The lowest BCUT2D eigenvalue weighted by Crippen LogP contribution is -2.40. The molecule has 6 nitrogen and oxygen atoms in total. The molecule has 0 atom stereocenters. The van der Waals surface area contributed by atoms with Gasteiger partial charge in [-0.05, 0) is 43.7 Å². The monoisotopic (exact) mass is 462 g/mol. The standard InChI is InChI=1S/C18H30N4O2.HI/c1-4-19-18(21-14-16-5-9-20-17(13-16)23-3)22(2)10-6-15-7-11-24-12-8-15;/h5,9,13,15H,4,6-8,10-12,14H2,1-3H3,(H,19,21);1H.